The number of carbonyl (C=O) groups excluding carboxylic acids is 2. The molecule has 174 valence electrons. The molecule has 0 radical (unpaired) electrons. The zero-order valence-electron chi connectivity index (χ0n) is 19.0. The maximum atomic E-state index is 14.0. The van der Waals surface area contributed by atoms with Gasteiger partial charge in [0.15, 0.2) is 5.82 Å². The van der Waals surface area contributed by atoms with Crippen molar-refractivity contribution in [2.45, 2.75) is 26.2 Å². The van der Waals surface area contributed by atoms with Gasteiger partial charge in [-0.1, -0.05) is 12.1 Å². The van der Waals surface area contributed by atoms with Crippen LogP contribution < -0.4 is 5.43 Å². The van der Waals surface area contributed by atoms with Gasteiger partial charge < -0.3 is 4.74 Å². The monoisotopic (exact) mass is 464 g/mol. The lowest BCUT2D eigenvalue weighted by Gasteiger charge is -2.20. The number of fused-ring (bicyclic) bond motifs is 1. The van der Waals surface area contributed by atoms with Gasteiger partial charge >= 0.3 is 5.97 Å². The summed E-state index contributed by atoms with van der Waals surface area (Å²) in [5, 5.41) is 0.463. The summed E-state index contributed by atoms with van der Waals surface area (Å²) >= 11 is 0. The summed E-state index contributed by atoms with van der Waals surface area (Å²) in [6, 6.07) is 9.94. The molecule has 7 nitrogen and oxygen atoms in total. The molecule has 0 aliphatic heterocycles. The molecule has 2 heterocycles. The smallest absolute Gasteiger partial charge is 0.315 e. The molecule has 0 unspecified atom stereocenters. The number of halogens is 2. The van der Waals surface area contributed by atoms with E-state index in [1.54, 1.807) is 39.1 Å². The van der Waals surface area contributed by atoms with E-state index in [0.29, 0.717) is 27.7 Å². The summed E-state index contributed by atoms with van der Waals surface area (Å²) in [5.74, 6) is -1.61. The Morgan fingerprint density at radius 3 is 2.50 bits per heavy atom. The molecule has 0 bridgehead atoms. The van der Waals surface area contributed by atoms with Crippen molar-refractivity contribution in [2.75, 3.05) is 12.5 Å². The van der Waals surface area contributed by atoms with E-state index in [1.807, 2.05) is 0 Å². The van der Waals surface area contributed by atoms with Crippen LogP contribution in [0.5, 0.6) is 0 Å². The molecular formula is C25H22F2N4O3. The molecule has 0 aliphatic rings. The van der Waals surface area contributed by atoms with Crippen LogP contribution >= 0.6 is 0 Å². The van der Waals surface area contributed by atoms with Crippen LogP contribution in [0.4, 0.5) is 8.78 Å². The standard InChI is InChI=1S/C25H22F2N4O3/c1-14-19(12-28-22(29-14)15-6-5-7-16(26)10-15)23(32)30-31-13-20(25(2,3)24(33)34-4)18-11-17(27)8-9-21(18)31/h5-13H,1-4H3,(H,30,32). The Bertz CT molecular complexity index is 1430. The number of aryl methyl sites for hydroxylation is 1. The Kier molecular flexibility index (Phi) is 5.87. The van der Waals surface area contributed by atoms with Gasteiger partial charge in [0.25, 0.3) is 5.91 Å². The number of nitrogens with one attached hydrogen (secondary N) is 1. The highest BCUT2D eigenvalue weighted by molar-refractivity contribution is 6.02. The molecule has 0 atom stereocenters. The van der Waals surface area contributed by atoms with Gasteiger partial charge in [0.05, 0.1) is 29.3 Å². The SMILES string of the molecule is COC(=O)C(C)(C)c1cn(NC(=O)c2cnc(-c3cccc(F)c3)nc2C)c2ccc(F)cc12. The van der Waals surface area contributed by atoms with E-state index < -0.39 is 28.9 Å². The highest BCUT2D eigenvalue weighted by Crippen LogP contribution is 2.33. The number of methoxy groups -OCH3 is 1. The molecule has 34 heavy (non-hydrogen) atoms. The minimum Gasteiger partial charge on any atom is -0.468 e. The van der Waals surface area contributed by atoms with Gasteiger partial charge in [0.2, 0.25) is 0 Å². The molecule has 0 spiro atoms. The van der Waals surface area contributed by atoms with Crippen LogP contribution in [0.3, 0.4) is 0 Å². The number of aromatic nitrogens is 3. The molecule has 4 aromatic rings. The third-order valence-electron chi connectivity index (χ3n) is 5.66. The average Bonchev–Trinajstić information content (AvgIpc) is 3.16. The lowest BCUT2D eigenvalue weighted by atomic mass is 9.84. The van der Waals surface area contributed by atoms with Gasteiger partial charge in [-0.25, -0.2) is 18.7 Å². The van der Waals surface area contributed by atoms with Crippen molar-refractivity contribution in [3.8, 4) is 11.4 Å². The lowest BCUT2D eigenvalue weighted by molar-refractivity contribution is -0.146. The second-order valence-electron chi connectivity index (χ2n) is 8.33. The lowest BCUT2D eigenvalue weighted by Crippen LogP contribution is -2.30. The molecule has 2 aromatic carbocycles. The van der Waals surface area contributed by atoms with Crippen molar-refractivity contribution in [1.82, 2.24) is 14.6 Å². The first-order valence-corrected chi connectivity index (χ1v) is 10.4. The zero-order chi connectivity index (χ0) is 24.6. The predicted molar refractivity (Wildman–Crippen MR) is 123 cm³/mol. The van der Waals surface area contributed by atoms with E-state index in [1.165, 1.54) is 48.3 Å². The molecule has 1 N–H and O–H groups in total. The van der Waals surface area contributed by atoms with Gasteiger partial charge in [0.1, 0.15) is 11.6 Å². The highest BCUT2D eigenvalue weighted by Gasteiger charge is 2.34. The maximum Gasteiger partial charge on any atom is 0.315 e. The van der Waals surface area contributed by atoms with Crippen LogP contribution in [0.15, 0.2) is 54.9 Å². The number of rotatable bonds is 5. The Hall–Kier alpha value is -4.14. The maximum absolute atomic E-state index is 14.0. The Balaban J connectivity index is 1.70. The second kappa shape index (κ2) is 8.66. The quantitative estimate of drug-likeness (QED) is 0.439. The summed E-state index contributed by atoms with van der Waals surface area (Å²) < 4.78 is 33.9. The van der Waals surface area contributed by atoms with E-state index in [2.05, 4.69) is 15.4 Å². The Labute approximate surface area is 194 Å². The van der Waals surface area contributed by atoms with Crippen LogP contribution in [0.25, 0.3) is 22.3 Å². The third kappa shape index (κ3) is 4.12. The molecule has 0 fully saturated rings. The molecule has 2 aromatic heterocycles. The highest BCUT2D eigenvalue weighted by atomic mass is 19.1. The number of hydrogen-bond donors (Lipinski definition) is 1. The minimum atomic E-state index is -1.09. The first-order chi connectivity index (χ1) is 16.1. The van der Waals surface area contributed by atoms with Crippen molar-refractivity contribution in [2.24, 2.45) is 0 Å². The topological polar surface area (TPSA) is 86.1 Å². The van der Waals surface area contributed by atoms with Crippen LogP contribution in [-0.4, -0.2) is 33.6 Å². The Morgan fingerprint density at radius 1 is 1.09 bits per heavy atom. The first-order valence-electron chi connectivity index (χ1n) is 10.4. The number of ether oxygens (including phenoxy) is 1. The average molecular weight is 464 g/mol. The van der Waals surface area contributed by atoms with Crippen molar-refractivity contribution >= 4 is 22.8 Å². The third-order valence-corrected chi connectivity index (χ3v) is 5.66. The van der Waals surface area contributed by atoms with Gasteiger partial charge in [0, 0.05) is 23.3 Å². The number of benzene rings is 2. The molecule has 1 amide bonds. The Morgan fingerprint density at radius 2 is 1.82 bits per heavy atom. The molecule has 0 saturated carbocycles. The van der Waals surface area contributed by atoms with Crippen molar-refractivity contribution in [3.63, 3.8) is 0 Å². The van der Waals surface area contributed by atoms with E-state index in [4.69, 9.17) is 4.74 Å². The van der Waals surface area contributed by atoms with E-state index in [-0.39, 0.29) is 11.4 Å². The van der Waals surface area contributed by atoms with E-state index in [9.17, 15) is 18.4 Å². The van der Waals surface area contributed by atoms with Crippen molar-refractivity contribution in [1.29, 1.82) is 0 Å². The van der Waals surface area contributed by atoms with E-state index >= 15 is 0 Å². The molecule has 9 heteroatoms. The summed E-state index contributed by atoms with van der Waals surface area (Å²) in [4.78, 5) is 34.0. The summed E-state index contributed by atoms with van der Waals surface area (Å²) in [7, 11) is 1.28. The molecule has 0 saturated heterocycles. The number of carbonyl (C=O) groups is 2. The zero-order valence-corrected chi connectivity index (χ0v) is 19.0. The summed E-state index contributed by atoms with van der Waals surface area (Å²) in [6.45, 7) is 4.97. The van der Waals surface area contributed by atoms with Crippen LogP contribution in [0.2, 0.25) is 0 Å². The normalized spacial score (nSPS) is 11.5. The molecule has 0 aliphatic carbocycles. The predicted octanol–water partition coefficient (Wildman–Crippen LogP) is 4.52. The fraction of sp³-hybridized carbons (Fsp3) is 0.200. The largest absolute Gasteiger partial charge is 0.468 e. The number of amides is 1. The number of esters is 1. The van der Waals surface area contributed by atoms with Crippen molar-refractivity contribution < 1.29 is 23.1 Å². The van der Waals surface area contributed by atoms with Gasteiger partial charge in [-0.05, 0) is 56.7 Å². The van der Waals surface area contributed by atoms with Crippen LogP contribution in [0.1, 0.15) is 35.5 Å². The van der Waals surface area contributed by atoms with Gasteiger partial charge in [-0.2, -0.15) is 0 Å². The molecule has 4 rings (SSSR count). The number of nitrogens with zero attached hydrogens (tertiary/aromatic N) is 3. The van der Waals surface area contributed by atoms with E-state index in [0.717, 1.165) is 0 Å². The second-order valence-corrected chi connectivity index (χ2v) is 8.33. The summed E-state index contributed by atoms with van der Waals surface area (Å²) in [5.41, 5.74) is 3.72. The minimum absolute atomic E-state index is 0.206. The van der Waals surface area contributed by atoms with Gasteiger partial charge in [-0.3, -0.25) is 19.7 Å². The van der Waals surface area contributed by atoms with Gasteiger partial charge in [-0.15, -0.1) is 0 Å². The first kappa shape index (κ1) is 23.0. The molecular weight excluding hydrogens is 442 g/mol. The van der Waals surface area contributed by atoms with Crippen LogP contribution in [-0.2, 0) is 14.9 Å². The number of hydrogen-bond acceptors (Lipinski definition) is 5. The fourth-order valence-electron chi connectivity index (χ4n) is 3.78. The summed E-state index contributed by atoms with van der Waals surface area (Å²) in [6.07, 6.45) is 2.93. The van der Waals surface area contributed by atoms with Crippen LogP contribution in [0, 0.1) is 18.6 Å². The van der Waals surface area contributed by atoms with Crippen molar-refractivity contribution in [3.05, 3.63) is 83.3 Å². The fourth-order valence-corrected chi connectivity index (χ4v) is 3.78.